The first kappa shape index (κ1) is 25.8. The number of rotatable bonds is 7. The molecule has 10 heteroatoms. The van der Waals surface area contributed by atoms with Gasteiger partial charge in [0.25, 0.3) is 11.7 Å². The molecule has 1 aromatic heterocycles. The number of nitrogens with one attached hydrogen (secondary N) is 1. The number of methoxy groups -OCH3 is 1. The van der Waals surface area contributed by atoms with Crippen LogP contribution in [0.4, 0.5) is 0 Å². The first-order valence-electron chi connectivity index (χ1n) is 10.7. The molecular formula is C24H27Cl2N3O5. The number of aromatic nitrogens is 1. The normalized spacial score (nSPS) is 17.6. The number of halogens is 2. The van der Waals surface area contributed by atoms with Gasteiger partial charge in [0.05, 0.1) is 28.8 Å². The Hall–Kier alpha value is -2.81. The van der Waals surface area contributed by atoms with E-state index in [2.05, 4.69) is 4.98 Å². The quantitative estimate of drug-likeness (QED) is 0.253. The Kier molecular flexibility index (Phi) is 7.75. The molecular weight excluding hydrogens is 481 g/mol. The number of nitrogens with zero attached hydrogens (tertiary/aromatic N) is 2. The van der Waals surface area contributed by atoms with Crippen LogP contribution in [0, 0.1) is 13.8 Å². The third-order valence-electron chi connectivity index (χ3n) is 5.87. The van der Waals surface area contributed by atoms with Crippen LogP contribution in [0.25, 0.3) is 5.76 Å². The minimum absolute atomic E-state index is 0.0742. The Morgan fingerprint density at radius 2 is 1.88 bits per heavy atom. The summed E-state index contributed by atoms with van der Waals surface area (Å²) in [4.78, 5) is 44.7. The van der Waals surface area contributed by atoms with E-state index in [1.165, 1.54) is 12.0 Å². The number of ketones is 1. The van der Waals surface area contributed by atoms with Crippen LogP contribution in [0.1, 0.15) is 45.3 Å². The standard InChI is InChI=1S/C24H27Cl2N3O5/c1-12-17(13(2)27-19(12)24(33)34-5)21(30)18-20(14-7-8-15(25)16(26)11-14)29(23(32)22(18)31)10-6-9-28(3)4/h7-8,11,20,27,30H,6,9-10H2,1-5H3/t20-/m1/s1. The molecule has 1 fully saturated rings. The van der Waals surface area contributed by atoms with Gasteiger partial charge >= 0.3 is 5.97 Å². The van der Waals surface area contributed by atoms with Crippen LogP contribution in [-0.4, -0.2) is 71.8 Å². The maximum Gasteiger partial charge on any atom is 0.354 e. The maximum absolute atomic E-state index is 13.2. The Morgan fingerprint density at radius 1 is 1.21 bits per heavy atom. The third-order valence-corrected chi connectivity index (χ3v) is 6.61. The highest BCUT2D eigenvalue weighted by molar-refractivity contribution is 6.47. The first-order valence-corrected chi connectivity index (χ1v) is 11.4. The number of likely N-dealkylation sites (tertiary alicyclic amines) is 1. The summed E-state index contributed by atoms with van der Waals surface area (Å²) in [5, 5.41) is 12.0. The van der Waals surface area contributed by atoms with Crippen molar-refractivity contribution in [1.82, 2.24) is 14.8 Å². The van der Waals surface area contributed by atoms with E-state index in [9.17, 15) is 19.5 Å². The van der Waals surface area contributed by atoms with Gasteiger partial charge in [-0.3, -0.25) is 9.59 Å². The molecule has 2 N–H and O–H groups in total. The van der Waals surface area contributed by atoms with Crippen LogP contribution in [0.5, 0.6) is 0 Å². The molecule has 2 aromatic rings. The molecule has 1 aliphatic heterocycles. The lowest BCUT2D eigenvalue weighted by Gasteiger charge is -2.26. The van der Waals surface area contributed by atoms with Gasteiger partial charge in [-0.2, -0.15) is 0 Å². The molecule has 3 rings (SSSR count). The molecule has 0 aliphatic carbocycles. The number of Topliss-reactive ketones (excluding diaryl/α,β-unsaturated/α-hetero) is 1. The van der Waals surface area contributed by atoms with Gasteiger partial charge < -0.3 is 24.6 Å². The van der Waals surface area contributed by atoms with Crippen molar-refractivity contribution in [3.8, 4) is 0 Å². The van der Waals surface area contributed by atoms with Crippen LogP contribution < -0.4 is 0 Å². The fraction of sp³-hybridized carbons (Fsp3) is 0.375. The molecule has 8 nitrogen and oxygen atoms in total. The molecule has 182 valence electrons. The van der Waals surface area contributed by atoms with Crippen molar-refractivity contribution in [2.75, 3.05) is 34.3 Å². The van der Waals surface area contributed by atoms with E-state index in [0.717, 1.165) is 0 Å². The van der Waals surface area contributed by atoms with E-state index >= 15 is 0 Å². The zero-order valence-corrected chi connectivity index (χ0v) is 21.2. The van der Waals surface area contributed by atoms with Gasteiger partial charge in [-0.25, -0.2) is 4.79 Å². The minimum atomic E-state index is -0.868. The average molecular weight is 508 g/mol. The molecule has 1 amide bonds. The average Bonchev–Trinajstić information content (AvgIpc) is 3.22. The van der Waals surface area contributed by atoms with Crippen LogP contribution in [0.2, 0.25) is 10.0 Å². The highest BCUT2D eigenvalue weighted by Crippen LogP contribution is 2.42. The van der Waals surface area contributed by atoms with E-state index in [1.807, 2.05) is 19.0 Å². The summed E-state index contributed by atoms with van der Waals surface area (Å²) in [6, 6.07) is 3.98. The SMILES string of the molecule is COC(=O)c1[nH]c(C)c(C(O)=C2C(=O)C(=O)N(CCCN(C)C)[C@@H]2c2ccc(Cl)c(Cl)c2)c1C. The Bertz CT molecular complexity index is 1190. The Balaban J connectivity index is 2.20. The molecule has 1 atom stereocenters. The molecule has 1 aromatic carbocycles. The van der Waals surface area contributed by atoms with Crippen molar-refractivity contribution in [2.45, 2.75) is 26.3 Å². The maximum atomic E-state index is 13.2. The summed E-state index contributed by atoms with van der Waals surface area (Å²) in [5.74, 6) is -2.50. The highest BCUT2D eigenvalue weighted by atomic mass is 35.5. The predicted molar refractivity (Wildman–Crippen MR) is 130 cm³/mol. The second-order valence-corrected chi connectivity index (χ2v) is 9.25. The van der Waals surface area contributed by atoms with Gasteiger partial charge in [0.1, 0.15) is 11.5 Å². The molecule has 1 aliphatic rings. The number of H-pyrrole nitrogens is 1. The number of aliphatic hydroxyl groups excluding tert-OH is 1. The summed E-state index contributed by atoms with van der Waals surface area (Å²) in [6.07, 6.45) is 0.618. The zero-order valence-electron chi connectivity index (χ0n) is 19.7. The smallest absolute Gasteiger partial charge is 0.354 e. The van der Waals surface area contributed by atoms with Gasteiger partial charge in [0.2, 0.25) is 0 Å². The summed E-state index contributed by atoms with van der Waals surface area (Å²) in [7, 11) is 5.09. The molecule has 0 saturated carbocycles. The third kappa shape index (κ3) is 4.71. The largest absolute Gasteiger partial charge is 0.507 e. The highest BCUT2D eigenvalue weighted by Gasteiger charge is 2.46. The van der Waals surface area contributed by atoms with E-state index < -0.39 is 23.7 Å². The van der Waals surface area contributed by atoms with Gasteiger partial charge in [0.15, 0.2) is 0 Å². The summed E-state index contributed by atoms with van der Waals surface area (Å²) < 4.78 is 4.80. The Labute approximate surface area is 208 Å². The number of esters is 1. The number of carbonyl (C=O) groups excluding carboxylic acids is 3. The van der Waals surface area contributed by atoms with Crippen LogP contribution in [-0.2, 0) is 14.3 Å². The number of hydrogen-bond acceptors (Lipinski definition) is 6. The van der Waals surface area contributed by atoms with Gasteiger partial charge in [-0.05, 0) is 64.2 Å². The second-order valence-electron chi connectivity index (χ2n) is 8.44. The monoisotopic (exact) mass is 507 g/mol. The number of aryl methyl sites for hydroxylation is 1. The van der Waals surface area contributed by atoms with Crippen molar-refractivity contribution in [2.24, 2.45) is 0 Å². The Morgan fingerprint density at radius 3 is 2.47 bits per heavy atom. The number of benzene rings is 1. The van der Waals surface area contributed by atoms with Crippen molar-refractivity contribution in [3.05, 3.63) is 61.9 Å². The lowest BCUT2D eigenvalue weighted by Crippen LogP contribution is -2.32. The molecule has 0 spiro atoms. The number of ether oxygens (including phenoxy) is 1. The summed E-state index contributed by atoms with van der Waals surface area (Å²) >= 11 is 12.3. The number of aliphatic hydroxyl groups is 1. The van der Waals surface area contributed by atoms with Gasteiger partial charge in [-0.1, -0.05) is 29.3 Å². The van der Waals surface area contributed by atoms with Crippen LogP contribution in [0.15, 0.2) is 23.8 Å². The van der Waals surface area contributed by atoms with E-state index in [4.69, 9.17) is 27.9 Å². The second kappa shape index (κ2) is 10.2. The fourth-order valence-electron chi connectivity index (χ4n) is 4.24. The van der Waals surface area contributed by atoms with E-state index in [1.54, 1.807) is 32.0 Å². The zero-order chi connectivity index (χ0) is 25.3. The first-order chi connectivity index (χ1) is 16.0. The lowest BCUT2D eigenvalue weighted by molar-refractivity contribution is -0.139. The predicted octanol–water partition coefficient (Wildman–Crippen LogP) is 4.10. The minimum Gasteiger partial charge on any atom is -0.507 e. The van der Waals surface area contributed by atoms with Crippen molar-refractivity contribution >= 4 is 46.6 Å². The molecule has 1 saturated heterocycles. The molecule has 34 heavy (non-hydrogen) atoms. The molecule has 0 unspecified atom stereocenters. The number of carbonyl (C=O) groups is 3. The summed E-state index contributed by atoms with van der Waals surface area (Å²) in [6.45, 7) is 4.29. The number of amides is 1. The van der Waals surface area contributed by atoms with Crippen LogP contribution in [0.3, 0.4) is 0 Å². The van der Waals surface area contributed by atoms with Gasteiger partial charge in [-0.15, -0.1) is 0 Å². The van der Waals surface area contributed by atoms with Crippen LogP contribution >= 0.6 is 23.2 Å². The van der Waals surface area contributed by atoms with E-state index in [-0.39, 0.29) is 27.6 Å². The molecule has 0 radical (unpaired) electrons. The topological polar surface area (TPSA) is 103 Å². The van der Waals surface area contributed by atoms with Crippen molar-refractivity contribution in [3.63, 3.8) is 0 Å². The molecule has 2 heterocycles. The van der Waals surface area contributed by atoms with Crippen molar-refractivity contribution in [1.29, 1.82) is 0 Å². The summed E-state index contributed by atoms with van der Waals surface area (Å²) in [5.41, 5.74) is 1.77. The molecule has 0 bridgehead atoms. The van der Waals surface area contributed by atoms with Gasteiger partial charge in [0, 0.05) is 17.8 Å². The fourth-order valence-corrected chi connectivity index (χ4v) is 4.55. The lowest BCUT2D eigenvalue weighted by atomic mass is 9.94. The number of hydrogen-bond donors (Lipinski definition) is 2. The number of aromatic amines is 1. The van der Waals surface area contributed by atoms with E-state index in [0.29, 0.717) is 41.4 Å². The van der Waals surface area contributed by atoms with Crippen molar-refractivity contribution < 1.29 is 24.2 Å².